The Morgan fingerprint density at radius 2 is 1.26 bits per heavy atom. The molecule has 1 aromatic carbocycles. The average molecular weight is 548 g/mol. The van der Waals surface area contributed by atoms with Gasteiger partial charge in [0.25, 0.3) is 5.91 Å². The number of aromatic hydroxyl groups is 2. The molecule has 0 aliphatic rings. The van der Waals surface area contributed by atoms with Gasteiger partial charge in [0.2, 0.25) is 0 Å². The molecule has 1 rings (SSSR count). The molecule has 6 heteroatoms. The molecule has 3 N–H and O–H groups in total. The number of benzene rings is 1. The molecule has 0 saturated heterocycles. The van der Waals surface area contributed by atoms with E-state index in [1.54, 1.807) is 23.0 Å². The fraction of sp³-hybridized carbons (Fsp3) is 0.720. The van der Waals surface area contributed by atoms with Crippen LogP contribution in [0, 0.1) is 0 Å². The maximum atomic E-state index is 12.3. The SMILES string of the molecule is CCCCCCCCCCCCCCCCCCNC(=O)c1cc(O)cc(O)c1OI. The number of carbonyl (C=O) groups excluding carboxylic acids is 1. The van der Waals surface area contributed by atoms with Crippen molar-refractivity contribution in [2.45, 2.75) is 110 Å². The minimum Gasteiger partial charge on any atom is -0.508 e. The van der Waals surface area contributed by atoms with Gasteiger partial charge in [0.05, 0.1) is 5.56 Å². The minimum atomic E-state index is -0.348. The highest BCUT2D eigenvalue weighted by atomic mass is 127. The zero-order valence-electron chi connectivity index (χ0n) is 19.3. The number of carbonyl (C=O) groups is 1. The lowest BCUT2D eigenvalue weighted by Gasteiger charge is -2.10. The van der Waals surface area contributed by atoms with E-state index in [9.17, 15) is 15.0 Å². The van der Waals surface area contributed by atoms with Crippen molar-refractivity contribution in [2.75, 3.05) is 6.54 Å². The van der Waals surface area contributed by atoms with Gasteiger partial charge in [-0.2, -0.15) is 0 Å². The van der Waals surface area contributed by atoms with Gasteiger partial charge in [-0.3, -0.25) is 4.79 Å². The van der Waals surface area contributed by atoms with Crippen molar-refractivity contribution in [3.05, 3.63) is 17.7 Å². The summed E-state index contributed by atoms with van der Waals surface area (Å²) in [5, 5.41) is 22.2. The minimum absolute atomic E-state index is 0.0721. The van der Waals surface area contributed by atoms with E-state index in [0.717, 1.165) is 18.9 Å². The summed E-state index contributed by atoms with van der Waals surface area (Å²) < 4.78 is 5.04. The van der Waals surface area contributed by atoms with Crippen LogP contribution in [0.5, 0.6) is 17.2 Å². The number of rotatable bonds is 19. The van der Waals surface area contributed by atoms with Crippen molar-refractivity contribution < 1.29 is 18.1 Å². The van der Waals surface area contributed by atoms with E-state index < -0.39 is 0 Å². The van der Waals surface area contributed by atoms with E-state index in [-0.39, 0.29) is 28.7 Å². The first-order chi connectivity index (χ1) is 15.1. The second-order valence-corrected chi connectivity index (χ2v) is 8.92. The molecule has 1 amide bonds. The average Bonchev–Trinajstić information content (AvgIpc) is 2.75. The number of halogens is 1. The molecular formula is C25H42INO4. The zero-order valence-corrected chi connectivity index (χ0v) is 21.4. The summed E-state index contributed by atoms with van der Waals surface area (Å²) in [7, 11) is 0. The number of unbranched alkanes of at least 4 members (excludes halogenated alkanes) is 15. The van der Waals surface area contributed by atoms with E-state index in [2.05, 4.69) is 12.2 Å². The molecule has 5 nitrogen and oxygen atoms in total. The van der Waals surface area contributed by atoms with Crippen LogP contribution in [0.3, 0.4) is 0 Å². The van der Waals surface area contributed by atoms with E-state index in [1.807, 2.05) is 0 Å². The quantitative estimate of drug-likeness (QED) is 0.122. The predicted octanol–water partition coefficient (Wildman–Crippen LogP) is 7.82. The van der Waals surface area contributed by atoms with Gasteiger partial charge in [-0.15, -0.1) is 0 Å². The van der Waals surface area contributed by atoms with E-state index in [4.69, 9.17) is 3.07 Å². The van der Waals surface area contributed by atoms with Crippen molar-refractivity contribution in [2.24, 2.45) is 0 Å². The van der Waals surface area contributed by atoms with Gasteiger partial charge in [-0.1, -0.05) is 103 Å². The fourth-order valence-electron chi connectivity index (χ4n) is 3.82. The number of hydrogen-bond acceptors (Lipinski definition) is 4. The third kappa shape index (κ3) is 13.1. The molecule has 0 aliphatic carbocycles. The van der Waals surface area contributed by atoms with Crippen LogP contribution in [0.15, 0.2) is 12.1 Å². The van der Waals surface area contributed by atoms with Crippen molar-refractivity contribution >= 4 is 28.9 Å². The number of amides is 1. The van der Waals surface area contributed by atoms with Crippen LogP contribution in [0.2, 0.25) is 0 Å². The Labute approximate surface area is 203 Å². The lowest BCUT2D eigenvalue weighted by atomic mass is 10.0. The largest absolute Gasteiger partial charge is 0.508 e. The normalized spacial score (nSPS) is 10.9. The smallest absolute Gasteiger partial charge is 0.255 e. The summed E-state index contributed by atoms with van der Waals surface area (Å²) >= 11 is 1.61. The molecule has 0 spiro atoms. The van der Waals surface area contributed by atoms with E-state index in [0.29, 0.717) is 6.54 Å². The Morgan fingerprint density at radius 3 is 1.71 bits per heavy atom. The standard InChI is InChI=1S/C25H42INO4/c1-2-3-4-5-6-7-8-9-10-11-12-13-14-15-16-17-18-27-25(30)22-19-21(28)20-23(29)24(22)31-26/h19-20,28-29H,2-18H2,1H3,(H,27,30). The lowest BCUT2D eigenvalue weighted by Crippen LogP contribution is -2.24. The molecule has 0 bridgehead atoms. The van der Waals surface area contributed by atoms with Crippen LogP contribution in [-0.4, -0.2) is 22.7 Å². The van der Waals surface area contributed by atoms with Gasteiger partial charge >= 0.3 is 0 Å². The Balaban J connectivity index is 1.95. The van der Waals surface area contributed by atoms with Crippen LogP contribution in [-0.2, 0) is 0 Å². The summed E-state index contributed by atoms with van der Waals surface area (Å²) in [4.78, 5) is 12.3. The highest BCUT2D eigenvalue weighted by molar-refractivity contribution is 14.1. The molecule has 178 valence electrons. The fourth-order valence-corrected chi connectivity index (χ4v) is 4.28. The zero-order chi connectivity index (χ0) is 22.7. The van der Waals surface area contributed by atoms with Crippen LogP contribution < -0.4 is 8.38 Å². The van der Waals surface area contributed by atoms with E-state index in [1.165, 1.54) is 96.0 Å². The van der Waals surface area contributed by atoms with Gasteiger partial charge in [-0.05, 0) is 12.5 Å². The van der Waals surface area contributed by atoms with Gasteiger partial charge < -0.3 is 18.6 Å². The molecule has 31 heavy (non-hydrogen) atoms. The molecule has 0 heterocycles. The molecule has 0 saturated carbocycles. The topological polar surface area (TPSA) is 78.8 Å². The van der Waals surface area contributed by atoms with Crippen LogP contribution >= 0.6 is 23.0 Å². The van der Waals surface area contributed by atoms with Crippen molar-refractivity contribution in [1.82, 2.24) is 5.32 Å². The maximum absolute atomic E-state index is 12.3. The van der Waals surface area contributed by atoms with Gasteiger partial charge in [0, 0.05) is 12.6 Å². The maximum Gasteiger partial charge on any atom is 0.255 e. The predicted molar refractivity (Wildman–Crippen MR) is 136 cm³/mol. The summed E-state index contributed by atoms with van der Waals surface area (Å²) in [5.74, 6) is -0.689. The van der Waals surface area contributed by atoms with Crippen LogP contribution in [0.4, 0.5) is 0 Å². The third-order valence-corrected chi connectivity index (χ3v) is 6.13. The molecule has 0 aliphatic heterocycles. The van der Waals surface area contributed by atoms with Gasteiger partial charge in [0.1, 0.15) is 5.75 Å². The first-order valence-electron chi connectivity index (χ1n) is 12.2. The molecule has 0 fully saturated rings. The highest BCUT2D eigenvalue weighted by Gasteiger charge is 2.17. The number of phenolic OH excluding ortho intramolecular Hbond substituents is 2. The third-order valence-electron chi connectivity index (χ3n) is 5.69. The van der Waals surface area contributed by atoms with Crippen molar-refractivity contribution in [1.29, 1.82) is 0 Å². The monoisotopic (exact) mass is 547 g/mol. The number of nitrogens with one attached hydrogen (secondary N) is 1. The first kappa shape index (κ1) is 27.9. The Morgan fingerprint density at radius 1 is 0.806 bits per heavy atom. The first-order valence-corrected chi connectivity index (χ1v) is 13.1. The second kappa shape index (κ2) is 18.4. The Hall–Kier alpha value is -1.18. The highest BCUT2D eigenvalue weighted by Crippen LogP contribution is 2.35. The van der Waals surface area contributed by atoms with Gasteiger partial charge in [-0.25, -0.2) is 0 Å². The Kier molecular flexibility index (Phi) is 16.5. The number of hydrogen-bond donors (Lipinski definition) is 3. The summed E-state index contributed by atoms with van der Waals surface area (Å²) in [6.45, 7) is 2.85. The van der Waals surface area contributed by atoms with Gasteiger partial charge in [0.15, 0.2) is 34.5 Å². The molecular weight excluding hydrogens is 505 g/mol. The molecule has 0 unspecified atom stereocenters. The summed E-state index contributed by atoms with van der Waals surface area (Å²) in [5.41, 5.74) is 0.142. The van der Waals surface area contributed by atoms with Crippen molar-refractivity contribution in [3.8, 4) is 17.2 Å². The van der Waals surface area contributed by atoms with Crippen molar-refractivity contribution in [3.63, 3.8) is 0 Å². The summed E-state index contributed by atoms with van der Waals surface area (Å²) in [6.07, 6.45) is 21.1. The van der Waals surface area contributed by atoms with Crippen LogP contribution in [0.1, 0.15) is 120 Å². The lowest BCUT2D eigenvalue weighted by molar-refractivity contribution is 0.0950. The molecule has 0 radical (unpaired) electrons. The second-order valence-electron chi connectivity index (χ2n) is 8.48. The molecule has 0 aromatic heterocycles. The Bertz CT molecular complexity index is 609. The molecule has 0 atom stereocenters. The molecule has 1 aromatic rings. The number of phenols is 2. The summed E-state index contributed by atoms with van der Waals surface area (Å²) in [6, 6.07) is 2.46. The van der Waals surface area contributed by atoms with Crippen LogP contribution in [0.25, 0.3) is 0 Å². The van der Waals surface area contributed by atoms with E-state index >= 15 is 0 Å².